The number of hydrogen-bond donors (Lipinski definition) is 0. The van der Waals surface area contributed by atoms with Crippen molar-refractivity contribution >= 4 is 17.1 Å². The Labute approximate surface area is 101 Å². The quantitative estimate of drug-likeness (QED) is 0.802. The number of thiophene rings is 1. The fourth-order valence-electron chi connectivity index (χ4n) is 2.67. The summed E-state index contributed by atoms with van der Waals surface area (Å²) in [6.45, 7) is 0. The Bertz CT molecular complexity index is 350. The van der Waals surface area contributed by atoms with Gasteiger partial charge in [0.2, 0.25) is 0 Å². The van der Waals surface area contributed by atoms with E-state index in [-0.39, 0.29) is 5.54 Å². The van der Waals surface area contributed by atoms with Crippen molar-refractivity contribution in [3.05, 3.63) is 22.4 Å². The van der Waals surface area contributed by atoms with Crippen LogP contribution in [0.15, 0.2) is 17.5 Å². The van der Waals surface area contributed by atoms with Crippen molar-refractivity contribution in [2.45, 2.75) is 37.6 Å². The van der Waals surface area contributed by atoms with Gasteiger partial charge in [-0.15, -0.1) is 11.3 Å². The van der Waals surface area contributed by atoms with Gasteiger partial charge in [-0.1, -0.05) is 18.9 Å². The molecule has 0 aliphatic heterocycles. The maximum Gasteiger partial charge on any atom is 0.158 e. The SMILES string of the molecule is CN(C)C1(C(=O)Cc2cccs2)CCCC1. The normalized spacial score (nSPS) is 19.2. The van der Waals surface area contributed by atoms with Crippen LogP contribution in [0.4, 0.5) is 0 Å². The number of Topliss-reactive ketones (excluding diaryl/α,β-unsaturated/α-hetero) is 1. The van der Waals surface area contributed by atoms with Crippen LogP contribution in [0.25, 0.3) is 0 Å². The predicted molar refractivity (Wildman–Crippen MR) is 67.9 cm³/mol. The zero-order valence-corrected chi connectivity index (χ0v) is 10.8. The average Bonchev–Trinajstić information content (AvgIpc) is 2.87. The molecule has 1 aliphatic carbocycles. The van der Waals surface area contributed by atoms with Gasteiger partial charge < -0.3 is 0 Å². The largest absolute Gasteiger partial charge is 0.297 e. The molecule has 0 bridgehead atoms. The second kappa shape index (κ2) is 4.68. The third kappa shape index (κ3) is 2.06. The molecule has 3 heteroatoms. The van der Waals surface area contributed by atoms with Crippen LogP contribution in [0.2, 0.25) is 0 Å². The van der Waals surface area contributed by atoms with Crippen molar-refractivity contribution in [2.75, 3.05) is 14.1 Å². The van der Waals surface area contributed by atoms with Crippen LogP contribution in [0.3, 0.4) is 0 Å². The number of hydrogen-bond acceptors (Lipinski definition) is 3. The summed E-state index contributed by atoms with van der Waals surface area (Å²) in [5.74, 6) is 0.400. The number of nitrogens with zero attached hydrogens (tertiary/aromatic N) is 1. The molecule has 1 fully saturated rings. The molecule has 1 aliphatic rings. The Morgan fingerprint density at radius 1 is 1.44 bits per heavy atom. The van der Waals surface area contributed by atoms with E-state index in [0.717, 1.165) is 12.8 Å². The van der Waals surface area contributed by atoms with Gasteiger partial charge in [0.15, 0.2) is 5.78 Å². The van der Waals surface area contributed by atoms with Gasteiger partial charge in [0.25, 0.3) is 0 Å². The van der Waals surface area contributed by atoms with Crippen LogP contribution in [0.1, 0.15) is 30.6 Å². The molecular weight excluding hydrogens is 218 g/mol. The predicted octanol–water partition coefficient (Wildman–Crippen LogP) is 2.73. The maximum atomic E-state index is 12.4. The van der Waals surface area contributed by atoms with Gasteiger partial charge in [0.05, 0.1) is 5.54 Å². The van der Waals surface area contributed by atoms with Crippen molar-refractivity contribution in [1.29, 1.82) is 0 Å². The summed E-state index contributed by atoms with van der Waals surface area (Å²) in [5.41, 5.74) is -0.177. The Kier molecular flexibility index (Phi) is 3.45. The Hall–Kier alpha value is -0.670. The van der Waals surface area contributed by atoms with Gasteiger partial charge in [-0.2, -0.15) is 0 Å². The van der Waals surface area contributed by atoms with Crippen molar-refractivity contribution in [3.8, 4) is 0 Å². The first kappa shape index (κ1) is 11.8. The van der Waals surface area contributed by atoms with Crippen molar-refractivity contribution in [3.63, 3.8) is 0 Å². The summed E-state index contributed by atoms with van der Waals surface area (Å²) >= 11 is 1.68. The summed E-state index contributed by atoms with van der Waals surface area (Å²) in [7, 11) is 4.08. The summed E-state index contributed by atoms with van der Waals surface area (Å²) in [5, 5.41) is 2.04. The molecule has 88 valence electrons. The Morgan fingerprint density at radius 2 is 2.12 bits per heavy atom. The number of likely N-dealkylation sites (N-methyl/N-ethyl adjacent to an activating group) is 1. The molecule has 0 saturated heterocycles. The van der Waals surface area contributed by atoms with E-state index in [4.69, 9.17) is 0 Å². The molecule has 1 heterocycles. The van der Waals surface area contributed by atoms with Crippen LogP contribution >= 0.6 is 11.3 Å². The van der Waals surface area contributed by atoms with E-state index in [1.54, 1.807) is 11.3 Å². The highest BCUT2D eigenvalue weighted by Crippen LogP contribution is 2.35. The second-order valence-corrected chi connectivity index (χ2v) is 5.84. The first-order valence-corrected chi connectivity index (χ1v) is 6.76. The van der Waals surface area contributed by atoms with Crippen LogP contribution in [-0.4, -0.2) is 30.3 Å². The lowest BCUT2D eigenvalue weighted by Crippen LogP contribution is -2.49. The first-order valence-electron chi connectivity index (χ1n) is 5.88. The van der Waals surface area contributed by atoms with Gasteiger partial charge in [-0.25, -0.2) is 0 Å². The van der Waals surface area contributed by atoms with Crippen LogP contribution in [0.5, 0.6) is 0 Å². The number of carbonyl (C=O) groups is 1. The standard InChI is InChI=1S/C13H19NOS/c1-14(2)13(7-3-4-8-13)12(15)10-11-6-5-9-16-11/h5-6,9H,3-4,7-8,10H2,1-2H3. The van der Waals surface area contributed by atoms with E-state index in [1.807, 2.05) is 25.5 Å². The highest BCUT2D eigenvalue weighted by Gasteiger charge is 2.42. The van der Waals surface area contributed by atoms with E-state index in [9.17, 15) is 4.79 Å². The highest BCUT2D eigenvalue weighted by atomic mass is 32.1. The van der Waals surface area contributed by atoms with Crippen molar-refractivity contribution in [1.82, 2.24) is 4.90 Å². The number of rotatable bonds is 4. The molecule has 16 heavy (non-hydrogen) atoms. The third-order valence-corrected chi connectivity index (χ3v) is 4.60. The monoisotopic (exact) mass is 237 g/mol. The first-order chi connectivity index (χ1) is 7.65. The molecule has 2 rings (SSSR count). The lowest BCUT2D eigenvalue weighted by molar-refractivity contribution is -0.128. The molecule has 0 N–H and O–H groups in total. The van der Waals surface area contributed by atoms with Crippen molar-refractivity contribution < 1.29 is 4.79 Å². The fourth-order valence-corrected chi connectivity index (χ4v) is 3.37. The van der Waals surface area contributed by atoms with E-state index in [2.05, 4.69) is 11.0 Å². The number of ketones is 1. The zero-order chi connectivity index (χ0) is 11.6. The fraction of sp³-hybridized carbons (Fsp3) is 0.615. The van der Waals surface area contributed by atoms with Crippen molar-refractivity contribution in [2.24, 2.45) is 0 Å². The molecule has 0 aromatic carbocycles. The van der Waals surface area contributed by atoms with E-state index in [0.29, 0.717) is 12.2 Å². The molecule has 1 aromatic rings. The molecule has 0 atom stereocenters. The van der Waals surface area contributed by atoms with Gasteiger partial charge in [-0.3, -0.25) is 9.69 Å². The van der Waals surface area contributed by atoms with E-state index < -0.39 is 0 Å². The Balaban J connectivity index is 2.12. The summed E-state index contributed by atoms with van der Waals surface area (Å²) in [6.07, 6.45) is 5.05. The number of carbonyl (C=O) groups excluding carboxylic acids is 1. The van der Waals surface area contributed by atoms with E-state index in [1.165, 1.54) is 17.7 Å². The Morgan fingerprint density at radius 3 is 2.62 bits per heavy atom. The molecule has 1 aromatic heterocycles. The molecule has 1 saturated carbocycles. The molecular formula is C13H19NOS. The molecule has 0 amide bonds. The minimum atomic E-state index is -0.177. The molecule has 0 radical (unpaired) electrons. The van der Waals surface area contributed by atoms with E-state index >= 15 is 0 Å². The second-order valence-electron chi connectivity index (χ2n) is 4.81. The van der Waals surface area contributed by atoms with Crippen LogP contribution in [-0.2, 0) is 11.2 Å². The lowest BCUT2D eigenvalue weighted by atomic mass is 9.88. The molecule has 2 nitrogen and oxygen atoms in total. The smallest absolute Gasteiger partial charge is 0.158 e. The van der Waals surface area contributed by atoms with Gasteiger partial charge in [-0.05, 0) is 38.4 Å². The van der Waals surface area contributed by atoms with Gasteiger partial charge >= 0.3 is 0 Å². The minimum Gasteiger partial charge on any atom is -0.297 e. The topological polar surface area (TPSA) is 20.3 Å². The van der Waals surface area contributed by atoms with Crippen LogP contribution < -0.4 is 0 Å². The average molecular weight is 237 g/mol. The zero-order valence-electron chi connectivity index (χ0n) is 10.0. The lowest BCUT2D eigenvalue weighted by Gasteiger charge is -2.34. The van der Waals surface area contributed by atoms with Crippen LogP contribution in [0, 0.1) is 0 Å². The molecule has 0 spiro atoms. The maximum absolute atomic E-state index is 12.4. The summed E-state index contributed by atoms with van der Waals surface area (Å²) in [4.78, 5) is 15.8. The minimum absolute atomic E-state index is 0.177. The molecule has 0 unspecified atom stereocenters. The highest BCUT2D eigenvalue weighted by molar-refractivity contribution is 7.10. The van der Waals surface area contributed by atoms with Gasteiger partial charge in [0, 0.05) is 11.3 Å². The third-order valence-electron chi connectivity index (χ3n) is 3.72. The summed E-state index contributed by atoms with van der Waals surface area (Å²) < 4.78 is 0. The van der Waals surface area contributed by atoms with Gasteiger partial charge in [0.1, 0.15) is 0 Å². The summed E-state index contributed by atoms with van der Waals surface area (Å²) in [6, 6.07) is 4.07.